The fourth-order valence-corrected chi connectivity index (χ4v) is 3.41. The van der Waals surface area contributed by atoms with Gasteiger partial charge in [-0.05, 0) is 43.9 Å². The standard InChI is InChI=1S/C16H21FO3/c1-10-12(9-13(17)11(2)14(10)20-3)16(15(18)19)7-5-4-6-8-16/h9H,4-8H2,1-3H3,(H,18,19). The second-order valence-electron chi connectivity index (χ2n) is 5.64. The molecule has 0 heterocycles. The molecule has 0 bridgehead atoms. The highest BCUT2D eigenvalue weighted by atomic mass is 19.1. The van der Waals surface area contributed by atoms with E-state index in [1.165, 1.54) is 13.2 Å². The Morgan fingerprint density at radius 2 is 1.85 bits per heavy atom. The third kappa shape index (κ3) is 2.17. The lowest BCUT2D eigenvalue weighted by Gasteiger charge is -2.35. The third-order valence-electron chi connectivity index (χ3n) is 4.55. The Kier molecular flexibility index (Phi) is 4.02. The summed E-state index contributed by atoms with van der Waals surface area (Å²) in [6, 6.07) is 1.40. The molecule has 0 spiro atoms. The van der Waals surface area contributed by atoms with Crippen molar-refractivity contribution in [3.63, 3.8) is 0 Å². The van der Waals surface area contributed by atoms with E-state index >= 15 is 0 Å². The number of carbonyl (C=O) groups is 1. The molecule has 0 aromatic heterocycles. The van der Waals surface area contributed by atoms with Crippen LogP contribution in [0.5, 0.6) is 5.75 Å². The molecule has 1 aromatic rings. The molecule has 0 amide bonds. The SMILES string of the molecule is COc1c(C)c(F)cc(C2(C(=O)O)CCCCC2)c1C. The summed E-state index contributed by atoms with van der Waals surface area (Å²) in [5, 5.41) is 9.73. The van der Waals surface area contributed by atoms with Gasteiger partial charge >= 0.3 is 5.97 Å². The average Bonchev–Trinajstić information content (AvgIpc) is 2.44. The monoisotopic (exact) mass is 280 g/mol. The summed E-state index contributed by atoms with van der Waals surface area (Å²) in [4.78, 5) is 11.9. The topological polar surface area (TPSA) is 46.5 Å². The number of methoxy groups -OCH3 is 1. The van der Waals surface area contributed by atoms with Crippen LogP contribution in [0.1, 0.15) is 48.8 Å². The Morgan fingerprint density at radius 1 is 1.25 bits per heavy atom. The zero-order chi connectivity index (χ0) is 14.9. The van der Waals surface area contributed by atoms with Gasteiger partial charge in [-0.25, -0.2) is 4.39 Å². The van der Waals surface area contributed by atoms with Crippen molar-refractivity contribution in [2.45, 2.75) is 51.4 Å². The van der Waals surface area contributed by atoms with Crippen LogP contribution >= 0.6 is 0 Å². The van der Waals surface area contributed by atoms with E-state index in [0.29, 0.717) is 29.7 Å². The molecule has 0 aliphatic heterocycles. The molecular weight excluding hydrogens is 259 g/mol. The number of carboxylic acids is 1. The molecule has 1 aliphatic carbocycles. The van der Waals surface area contributed by atoms with Crippen molar-refractivity contribution in [2.75, 3.05) is 7.11 Å². The summed E-state index contributed by atoms with van der Waals surface area (Å²) in [6.45, 7) is 3.47. The number of aliphatic carboxylic acids is 1. The van der Waals surface area contributed by atoms with E-state index < -0.39 is 17.2 Å². The van der Waals surface area contributed by atoms with Crippen LogP contribution in [0.25, 0.3) is 0 Å². The molecule has 1 aromatic carbocycles. The molecule has 1 fully saturated rings. The van der Waals surface area contributed by atoms with Crippen molar-refractivity contribution in [3.8, 4) is 5.75 Å². The number of carboxylic acid groups (broad SMARTS) is 1. The van der Waals surface area contributed by atoms with Crippen molar-refractivity contribution in [1.29, 1.82) is 0 Å². The number of hydrogen-bond acceptors (Lipinski definition) is 2. The zero-order valence-corrected chi connectivity index (χ0v) is 12.3. The van der Waals surface area contributed by atoms with Gasteiger partial charge in [0.25, 0.3) is 0 Å². The zero-order valence-electron chi connectivity index (χ0n) is 12.3. The van der Waals surface area contributed by atoms with Crippen LogP contribution in [-0.2, 0) is 10.2 Å². The first-order valence-corrected chi connectivity index (χ1v) is 7.01. The Bertz CT molecular complexity index is 531. The second-order valence-corrected chi connectivity index (χ2v) is 5.64. The Hall–Kier alpha value is -1.58. The Balaban J connectivity index is 2.66. The highest BCUT2D eigenvalue weighted by Crippen LogP contribution is 2.44. The molecule has 110 valence electrons. The van der Waals surface area contributed by atoms with Crippen LogP contribution in [0.15, 0.2) is 6.07 Å². The normalized spacial score (nSPS) is 17.8. The van der Waals surface area contributed by atoms with E-state index in [9.17, 15) is 14.3 Å². The van der Waals surface area contributed by atoms with E-state index in [2.05, 4.69) is 0 Å². The summed E-state index contributed by atoms with van der Waals surface area (Å²) >= 11 is 0. The highest BCUT2D eigenvalue weighted by molar-refractivity contribution is 5.82. The largest absolute Gasteiger partial charge is 0.496 e. The van der Waals surface area contributed by atoms with Gasteiger partial charge in [0, 0.05) is 5.56 Å². The predicted molar refractivity (Wildman–Crippen MR) is 74.8 cm³/mol. The lowest BCUT2D eigenvalue weighted by molar-refractivity contribution is -0.145. The maximum Gasteiger partial charge on any atom is 0.314 e. The number of ether oxygens (including phenoxy) is 1. The maximum absolute atomic E-state index is 14.1. The first kappa shape index (κ1) is 14.8. The number of rotatable bonds is 3. The minimum absolute atomic E-state index is 0.395. The van der Waals surface area contributed by atoms with E-state index in [0.717, 1.165) is 24.8 Å². The van der Waals surface area contributed by atoms with Crippen molar-refractivity contribution < 1.29 is 19.0 Å². The predicted octanol–water partition coefficient (Wildman–Crippen LogP) is 3.74. The van der Waals surface area contributed by atoms with Gasteiger partial charge < -0.3 is 9.84 Å². The summed E-state index contributed by atoms with van der Waals surface area (Å²) < 4.78 is 19.4. The molecule has 0 saturated heterocycles. The van der Waals surface area contributed by atoms with Crippen molar-refractivity contribution in [2.24, 2.45) is 0 Å². The quantitative estimate of drug-likeness (QED) is 0.917. The van der Waals surface area contributed by atoms with Crippen LogP contribution in [-0.4, -0.2) is 18.2 Å². The molecule has 4 heteroatoms. The summed E-state index contributed by atoms with van der Waals surface area (Å²) in [5.74, 6) is -0.787. The first-order chi connectivity index (χ1) is 9.44. The molecule has 20 heavy (non-hydrogen) atoms. The minimum Gasteiger partial charge on any atom is -0.496 e. The fraction of sp³-hybridized carbons (Fsp3) is 0.562. The van der Waals surface area contributed by atoms with Crippen LogP contribution in [0.4, 0.5) is 4.39 Å². The van der Waals surface area contributed by atoms with Gasteiger partial charge in [0.2, 0.25) is 0 Å². The lowest BCUT2D eigenvalue weighted by Crippen LogP contribution is -2.38. The van der Waals surface area contributed by atoms with Crippen LogP contribution in [0.3, 0.4) is 0 Å². The summed E-state index contributed by atoms with van der Waals surface area (Å²) in [6.07, 6.45) is 3.90. The number of halogens is 1. The fourth-order valence-electron chi connectivity index (χ4n) is 3.41. The molecule has 1 saturated carbocycles. The highest BCUT2D eigenvalue weighted by Gasteiger charge is 2.43. The average molecular weight is 280 g/mol. The Labute approximate surface area is 118 Å². The summed E-state index contributed by atoms with van der Waals surface area (Å²) in [5.41, 5.74) is 0.787. The van der Waals surface area contributed by atoms with E-state index in [4.69, 9.17) is 4.74 Å². The maximum atomic E-state index is 14.1. The van der Waals surface area contributed by atoms with Gasteiger partial charge in [0.1, 0.15) is 11.6 Å². The minimum atomic E-state index is -0.968. The molecule has 0 atom stereocenters. The van der Waals surface area contributed by atoms with E-state index in [-0.39, 0.29) is 0 Å². The van der Waals surface area contributed by atoms with Gasteiger partial charge in [-0.1, -0.05) is 19.3 Å². The van der Waals surface area contributed by atoms with Crippen molar-refractivity contribution in [3.05, 3.63) is 28.6 Å². The first-order valence-electron chi connectivity index (χ1n) is 7.01. The molecule has 0 unspecified atom stereocenters. The molecule has 0 radical (unpaired) electrons. The lowest BCUT2D eigenvalue weighted by atomic mass is 9.68. The van der Waals surface area contributed by atoms with Crippen molar-refractivity contribution >= 4 is 5.97 Å². The van der Waals surface area contributed by atoms with Gasteiger partial charge in [-0.15, -0.1) is 0 Å². The van der Waals surface area contributed by atoms with Crippen LogP contribution in [0.2, 0.25) is 0 Å². The Morgan fingerprint density at radius 3 is 2.35 bits per heavy atom. The van der Waals surface area contributed by atoms with Gasteiger partial charge in [-0.2, -0.15) is 0 Å². The molecular formula is C16H21FO3. The van der Waals surface area contributed by atoms with Gasteiger partial charge in [0.05, 0.1) is 12.5 Å². The second kappa shape index (κ2) is 5.43. The number of benzene rings is 1. The molecule has 1 N–H and O–H groups in total. The smallest absolute Gasteiger partial charge is 0.314 e. The van der Waals surface area contributed by atoms with E-state index in [1.54, 1.807) is 6.92 Å². The number of hydrogen-bond donors (Lipinski definition) is 1. The van der Waals surface area contributed by atoms with E-state index in [1.807, 2.05) is 6.92 Å². The van der Waals surface area contributed by atoms with Crippen LogP contribution in [0, 0.1) is 19.7 Å². The molecule has 2 rings (SSSR count). The molecule has 1 aliphatic rings. The summed E-state index contributed by atoms with van der Waals surface area (Å²) in [7, 11) is 1.49. The van der Waals surface area contributed by atoms with Gasteiger partial charge in [0.15, 0.2) is 0 Å². The third-order valence-corrected chi connectivity index (χ3v) is 4.55. The van der Waals surface area contributed by atoms with Crippen LogP contribution < -0.4 is 4.74 Å². The van der Waals surface area contributed by atoms with Gasteiger partial charge in [-0.3, -0.25) is 4.79 Å². The molecule has 3 nitrogen and oxygen atoms in total. The van der Waals surface area contributed by atoms with Crippen molar-refractivity contribution in [1.82, 2.24) is 0 Å².